The van der Waals surface area contributed by atoms with Gasteiger partial charge in [-0.25, -0.2) is 4.99 Å². The third kappa shape index (κ3) is 2.69. The van der Waals surface area contributed by atoms with Crippen LogP contribution in [0.4, 0.5) is 0 Å². The third-order valence-corrected chi connectivity index (χ3v) is 4.61. The lowest BCUT2D eigenvalue weighted by Gasteiger charge is -2.48. The number of aromatic amines is 1. The molecule has 2 aromatic rings. The van der Waals surface area contributed by atoms with Gasteiger partial charge in [0.1, 0.15) is 11.4 Å². The monoisotopic (exact) mass is 327 g/mol. The fourth-order valence-corrected chi connectivity index (χ4v) is 3.50. The van der Waals surface area contributed by atoms with Crippen molar-refractivity contribution in [2.24, 2.45) is 10.9 Å². The van der Waals surface area contributed by atoms with Crippen molar-refractivity contribution in [3.63, 3.8) is 0 Å². The van der Waals surface area contributed by atoms with Crippen LogP contribution < -0.4 is 0 Å². The Morgan fingerprint density at radius 3 is 2.71 bits per heavy atom. The summed E-state index contributed by atoms with van der Waals surface area (Å²) in [5.41, 5.74) is 4.24. The van der Waals surface area contributed by atoms with Gasteiger partial charge in [0.05, 0.1) is 12.7 Å². The molecule has 3 rings (SSSR count). The molecule has 0 spiro atoms. The fourth-order valence-electron chi connectivity index (χ4n) is 3.50. The third-order valence-electron chi connectivity index (χ3n) is 4.61. The second-order valence-corrected chi connectivity index (χ2v) is 6.95. The minimum Gasteiger partial charge on any atom is -0.626 e. The molecule has 1 aromatic heterocycles. The summed E-state index contributed by atoms with van der Waals surface area (Å²) in [7, 11) is 3.25. The molecule has 0 saturated carbocycles. The Balaban J connectivity index is 2.18. The normalized spacial score (nSPS) is 24.8. The number of ether oxygens (including phenoxy) is 1. The molecule has 0 fully saturated rings. The summed E-state index contributed by atoms with van der Waals surface area (Å²) >= 11 is 0. The first-order valence-corrected chi connectivity index (χ1v) is 8.31. The summed E-state index contributed by atoms with van der Waals surface area (Å²) in [6.45, 7) is 6.15. The molecule has 1 N–H and O–H groups in total. The van der Waals surface area contributed by atoms with Crippen molar-refractivity contribution in [1.82, 2.24) is 4.98 Å². The highest BCUT2D eigenvalue weighted by molar-refractivity contribution is 6.13. The number of nitrogens with zero attached hydrogens (tertiary/aromatic N) is 2. The van der Waals surface area contributed by atoms with E-state index < -0.39 is 10.9 Å². The van der Waals surface area contributed by atoms with Crippen LogP contribution in [0.25, 0.3) is 10.9 Å². The minimum atomic E-state index is -0.665. The standard InChI is InChI=1S/C19H25N3O2/c1-12(2)10-17-13(3)21-18(19(24-5)22(17,4)23)15-11-20-16-9-7-6-8-14(15)16/h6-9,11-12,19-20H,10H2,1-5H3. The number of aliphatic imine (C=N–C) groups is 1. The predicted molar refractivity (Wildman–Crippen MR) is 97.3 cm³/mol. The van der Waals surface area contributed by atoms with E-state index in [1.165, 1.54) is 0 Å². The molecule has 0 bridgehead atoms. The first kappa shape index (κ1) is 16.9. The van der Waals surface area contributed by atoms with Crippen LogP contribution in [0.1, 0.15) is 32.8 Å². The van der Waals surface area contributed by atoms with Gasteiger partial charge in [0.2, 0.25) is 6.23 Å². The zero-order valence-electron chi connectivity index (χ0n) is 15.0. The van der Waals surface area contributed by atoms with Gasteiger partial charge in [0, 0.05) is 36.2 Å². The Labute approximate surface area is 142 Å². The van der Waals surface area contributed by atoms with E-state index in [2.05, 4.69) is 18.8 Å². The summed E-state index contributed by atoms with van der Waals surface area (Å²) in [5.74, 6) is 0.392. The minimum absolute atomic E-state index is 0.392. The van der Waals surface area contributed by atoms with Gasteiger partial charge in [-0.1, -0.05) is 32.0 Å². The fraction of sp³-hybridized carbons (Fsp3) is 0.421. The Hall–Kier alpha value is -1.95. The molecule has 5 heteroatoms. The number of fused-ring (bicyclic) bond motifs is 1. The predicted octanol–water partition coefficient (Wildman–Crippen LogP) is 4.17. The number of nitrogens with one attached hydrogen (secondary N) is 1. The largest absolute Gasteiger partial charge is 0.626 e. The molecule has 5 nitrogen and oxygen atoms in total. The second-order valence-electron chi connectivity index (χ2n) is 6.95. The number of rotatable bonds is 4. The van der Waals surface area contributed by atoms with Crippen LogP contribution in [-0.4, -0.2) is 35.7 Å². The number of methoxy groups -OCH3 is 1. The molecule has 128 valence electrons. The molecule has 1 aliphatic rings. The molecule has 24 heavy (non-hydrogen) atoms. The van der Waals surface area contributed by atoms with Gasteiger partial charge in [-0.05, 0) is 18.9 Å². The Morgan fingerprint density at radius 2 is 2.04 bits per heavy atom. The molecule has 2 heterocycles. The average Bonchev–Trinajstić information content (AvgIpc) is 2.94. The molecule has 2 unspecified atom stereocenters. The smallest absolute Gasteiger partial charge is 0.241 e. The van der Waals surface area contributed by atoms with Gasteiger partial charge in [0.25, 0.3) is 0 Å². The average molecular weight is 327 g/mol. The molecule has 2 atom stereocenters. The number of hydroxylamine groups is 3. The van der Waals surface area contributed by atoms with Gasteiger partial charge in [-0.3, -0.25) is 0 Å². The Morgan fingerprint density at radius 1 is 1.33 bits per heavy atom. The van der Waals surface area contributed by atoms with E-state index in [-0.39, 0.29) is 0 Å². The van der Waals surface area contributed by atoms with Crippen molar-refractivity contribution in [1.29, 1.82) is 0 Å². The van der Waals surface area contributed by atoms with Crippen LogP contribution in [0.3, 0.4) is 0 Å². The van der Waals surface area contributed by atoms with Crippen LogP contribution in [0, 0.1) is 11.1 Å². The quantitative estimate of drug-likeness (QED) is 0.677. The Bertz CT molecular complexity index is 815. The highest BCUT2D eigenvalue weighted by atomic mass is 16.6. The highest BCUT2D eigenvalue weighted by Crippen LogP contribution is 2.35. The number of allylic oxidation sites excluding steroid dienone is 2. The first-order chi connectivity index (χ1) is 11.4. The van der Waals surface area contributed by atoms with Crippen LogP contribution in [0.2, 0.25) is 0 Å². The molecule has 0 amide bonds. The number of para-hydroxylation sites is 1. The van der Waals surface area contributed by atoms with Crippen LogP contribution in [0.15, 0.2) is 46.8 Å². The van der Waals surface area contributed by atoms with Crippen molar-refractivity contribution in [3.05, 3.63) is 52.6 Å². The number of aromatic nitrogens is 1. The van der Waals surface area contributed by atoms with Gasteiger partial charge in [-0.15, -0.1) is 0 Å². The van der Waals surface area contributed by atoms with E-state index in [9.17, 15) is 5.21 Å². The van der Waals surface area contributed by atoms with Crippen molar-refractivity contribution in [2.75, 3.05) is 14.2 Å². The van der Waals surface area contributed by atoms with Crippen molar-refractivity contribution >= 4 is 16.6 Å². The van der Waals surface area contributed by atoms with Crippen LogP contribution >= 0.6 is 0 Å². The number of hydrogen-bond acceptors (Lipinski definition) is 3. The van der Waals surface area contributed by atoms with E-state index in [0.717, 1.165) is 34.3 Å². The first-order valence-electron chi connectivity index (χ1n) is 8.31. The summed E-state index contributed by atoms with van der Waals surface area (Å²) < 4.78 is 5.08. The maximum atomic E-state index is 13.5. The second kappa shape index (κ2) is 6.16. The lowest BCUT2D eigenvalue weighted by atomic mass is 10.00. The number of H-pyrrole nitrogens is 1. The number of likely N-dealkylation sites (N-methyl/N-ethyl adjacent to an activating group) is 1. The lowest BCUT2D eigenvalue weighted by Crippen LogP contribution is -2.54. The van der Waals surface area contributed by atoms with Crippen molar-refractivity contribution in [3.8, 4) is 0 Å². The van der Waals surface area contributed by atoms with Crippen molar-refractivity contribution in [2.45, 2.75) is 33.4 Å². The number of hydrogen-bond donors (Lipinski definition) is 1. The van der Waals surface area contributed by atoms with Gasteiger partial charge in [-0.2, -0.15) is 0 Å². The molecule has 1 aromatic carbocycles. The maximum Gasteiger partial charge on any atom is 0.241 e. The summed E-state index contributed by atoms with van der Waals surface area (Å²) in [5, 5.41) is 14.5. The van der Waals surface area contributed by atoms with Gasteiger partial charge in [0.15, 0.2) is 0 Å². The van der Waals surface area contributed by atoms with E-state index >= 15 is 0 Å². The molecular weight excluding hydrogens is 302 g/mol. The molecule has 0 saturated heterocycles. The molecule has 0 aliphatic carbocycles. The van der Waals surface area contributed by atoms with E-state index in [4.69, 9.17) is 9.73 Å². The molecule has 0 radical (unpaired) electrons. The van der Waals surface area contributed by atoms with E-state index in [1.807, 2.05) is 37.4 Å². The summed E-state index contributed by atoms with van der Waals surface area (Å²) in [4.78, 5) is 8.05. The van der Waals surface area contributed by atoms with Gasteiger partial charge < -0.3 is 19.6 Å². The lowest BCUT2D eigenvalue weighted by molar-refractivity contribution is -0.864. The zero-order chi connectivity index (χ0) is 17.5. The van der Waals surface area contributed by atoms with Gasteiger partial charge >= 0.3 is 0 Å². The SMILES string of the molecule is COC1C(c2c[nH]c3ccccc23)=NC(C)=C(CC(C)C)[N+]1(C)[O-]. The van der Waals surface area contributed by atoms with Crippen LogP contribution in [0.5, 0.6) is 0 Å². The summed E-state index contributed by atoms with van der Waals surface area (Å²) in [6.07, 6.45) is 1.97. The maximum absolute atomic E-state index is 13.5. The number of quaternary nitrogens is 1. The van der Waals surface area contributed by atoms with Crippen LogP contribution in [-0.2, 0) is 4.74 Å². The molecular formula is C19H25N3O2. The van der Waals surface area contributed by atoms with E-state index in [1.54, 1.807) is 14.2 Å². The zero-order valence-corrected chi connectivity index (χ0v) is 15.0. The topological polar surface area (TPSA) is 60.4 Å². The molecule has 1 aliphatic heterocycles. The van der Waals surface area contributed by atoms with E-state index in [0.29, 0.717) is 11.6 Å². The summed E-state index contributed by atoms with van der Waals surface area (Å²) in [6, 6.07) is 8.03. The van der Waals surface area contributed by atoms with Crippen molar-refractivity contribution < 1.29 is 9.38 Å². The Kier molecular flexibility index (Phi) is 4.34. The highest BCUT2D eigenvalue weighted by Gasteiger charge is 2.40. The number of benzene rings is 1.